The first-order valence-electron chi connectivity index (χ1n) is 12.7. The highest BCUT2D eigenvalue weighted by Crippen LogP contribution is 2.49. The fraction of sp³-hybridized carbons (Fsp3) is 0.548. The van der Waals surface area contributed by atoms with Crippen LogP contribution in [0.1, 0.15) is 109 Å². The Balaban J connectivity index is 1.47. The predicted molar refractivity (Wildman–Crippen MR) is 146 cm³/mol. The molecule has 0 saturated carbocycles. The van der Waals surface area contributed by atoms with E-state index in [1.54, 1.807) is 11.1 Å². The molecule has 3 aromatic rings. The fourth-order valence-corrected chi connectivity index (χ4v) is 7.16. The molecule has 0 spiro atoms. The van der Waals surface area contributed by atoms with Crippen LogP contribution in [-0.2, 0) is 28.2 Å². The summed E-state index contributed by atoms with van der Waals surface area (Å²) < 4.78 is 1.43. The van der Waals surface area contributed by atoms with Crippen LogP contribution in [0, 0.1) is 0 Å². The molecule has 0 amide bonds. The van der Waals surface area contributed by atoms with E-state index in [1.807, 2.05) is 11.3 Å². The Morgan fingerprint density at radius 1 is 0.667 bits per heavy atom. The minimum absolute atomic E-state index is 0.245. The van der Waals surface area contributed by atoms with Crippen LogP contribution in [0.15, 0.2) is 35.7 Å². The minimum atomic E-state index is 0.245. The minimum Gasteiger partial charge on any atom is -0.381 e. The highest BCUT2D eigenvalue weighted by molar-refractivity contribution is 7.17. The average Bonchev–Trinajstić information content (AvgIpc) is 3.15. The molecule has 0 bridgehead atoms. The molecule has 33 heavy (non-hydrogen) atoms. The molecule has 0 saturated heterocycles. The van der Waals surface area contributed by atoms with Gasteiger partial charge in [-0.3, -0.25) is 0 Å². The Morgan fingerprint density at radius 3 is 1.79 bits per heavy atom. The van der Waals surface area contributed by atoms with Crippen molar-refractivity contribution in [1.82, 2.24) is 0 Å². The SMILES string of the molecule is CC1(C)CCC(C)(C)c2cc(NCc3csc4cc5c(cc34)C(C)(C)CCC5(C)C)ccc21. The number of anilines is 1. The molecule has 1 aromatic heterocycles. The molecule has 2 aliphatic rings. The van der Waals surface area contributed by atoms with Gasteiger partial charge in [-0.25, -0.2) is 0 Å². The van der Waals surface area contributed by atoms with Crippen LogP contribution in [0.4, 0.5) is 5.69 Å². The largest absolute Gasteiger partial charge is 0.381 e. The van der Waals surface area contributed by atoms with Gasteiger partial charge in [0.1, 0.15) is 0 Å². The maximum Gasteiger partial charge on any atom is 0.0415 e. The number of fused-ring (bicyclic) bond motifs is 3. The standard InChI is InChI=1S/C31H41NS/c1-28(2)11-12-29(3,4)24-15-21(9-10-23(24)28)32-18-20-19-33-27-17-26-25(16-22(20)27)30(5,6)13-14-31(26,7)8/h9-10,15-17,19,32H,11-14,18H2,1-8H3. The Labute approximate surface area is 205 Å². The van der Waals surface area contributed by atoms with E-state index >= 15 is 0 Å². The van der Waals surface area contributed by atoms with Crippen LogP contribution >= 0.6 is 11.3 Å². The average molecular weight is 460 g/mol. The molecule has 1 nitrogen and oxygen atoms in total. The highest BCUT2D eigenvalue weighted by Gasteiger charge is 2.38. The van der Waals surface area contributed by atoms with Crippen LogP contribution in [0.3, 0.4) is 0 Å². The van der Waals surface area contributed by atoms with Gasteiger partial charge in [0, 0.05) is 16.9 Å². The third-order valence-electron chi connectivity index (χ3n) is 8.96. The van der Waals surface area contributed by atoms with Crippen LogP contribution in [0.25, 0.3) is 10.1 Å². The second kappa shape index (κ2) is 7.35. The molecule has 0 radical (unpaired) electrons. The lowest BCUT2D eigenvalue weighted by atomic mass is 9.63. The molecule has 2 aromatic carbocycles. The summed E-state index contributed by atoms with van der Waals surface area (Å²) in [5.74, 6) is 0. The van der Waals surface area contributed by atoms with Crippen molar-refractivity contribution in [2.75, 3.05) is 5.32 Å². The number of hydrogen-bond acceptors (Lipinski definition) is 2. The van der Waals surface area contributed by atoms with Crippen molar-refractivity contribution in [3.05, 3.63) is 63.5 Å². The van der Waals surface area contributed by atoms with Crippen LogP contribution in [-0.4, -0.2) is 0 Å². The number of thiophene rings is 1. The quantitative estimate of drug-likeness (QED) is 0.411. The number of rotatable bonds is 3. The summed E-state index contributed by atoms with van der Waals surface area (Å²) in [7, 11) is 0. The summed E-state index contributed by atoms with van der Waals surface area (Å²) in [4.78, 5) is 0. The molecule has 1 heterocycles. The zero-order chi connectivity index (χ0) is 23.8. The summed E-state index contributed by atoms with van der Waals surface area (Å²) in [5.41, 5.74) is 9.89. The molecule has 2 aliphatic carbocycles. The first-order valence-corrected chi connectivity index (χ1v) is 13.6. The van der Waals surface area contributed by atoms with Gasteiger partial charge in [0.05, 0.1) is 0 Å². The van der Waals surface area contributed by atoms with Crippen molar-refractivity contribution < 1.29 is 0 Å². The van der Waals surface area contributed by atoms with Crippen molar-refractivity contribution >= 4 is 27.1 Å². The van der Waals surface area contributed by atoms with Crippen molar-refractivity contribution in [1.29, 1.82) is 0 Å². The van der Waals surface area contributed by atoms with Gasteiger partial charge >= 0.3 is 0 Å². The van der Waals surface area contributed by atoms with Crippen molar-refractivity contribution in [3.63, 3.8) is 0 Å². The van der Waals surface area contributed by atoms with E-state index < -0.39 is 0 Å². The van der Waals surface area contributed by atoms with Gasteiger partial charge < -0.3 is 5.32 Å². The summed E-state index contributed by atoms with van der Waals surface area (Å²) in [5, 5.41) is 7.59. The molecule has 0 fully saturated rings. The van der Waals surface area contributed by atoms with Gasteiger partial charge in [-0.05, 0) is 110 Å². The first kappa shape index (κ1) is 23.0. The molecule has 0 aliphatic heterocycles. The third kappa shape index (κ3) is 3.83. The van der Waals surface area contributed by atoms with Crippen LogP contribution < -0.4 is 5.32 Å². The Hall–Kier alpha value is -1.80. The van der Waals surface area contributed by atoms with Gasteiger partial charge in [-0.2, -0.15) is 0 Å². The van der Waals surface area contributed by atoms with E-state index in [-0.39, 0.29) is 21.7 Å². The topological polar surface area (TPSA) is 12.0 Å². The summed E-state index contributed by atoms with van der Waals surface area (Å²) in [6.07, 6.45) is 5.04. The molecule has 5 rings (SSSR count). The summed E-state index contributed by atoms with van der Waals surface area (Å²) >= 11 is 1.91. The second-order valence-corrected chi connectivity index (χ2v) is 14.2. The smallest absolute Gasteiger partial charge is 0.0415 e. The Bertz CT molecular complexity index is 1220. The Kier molecular flexibility index (Phi) is 5.11. The zero-order valence-corrected chi connectivity index (χ0v) is 22.7. The highest BCUT2D eigenvalue weighted by atomic mass is 32.1. The molecular weight excluding hydrogens is 418 g/mol. The normalized spacial score (nSPS) is 21.9. The number of benzene rings is 2. The van der Waals surface area contributed by atoms with Crippen molar-refractivity contribution in [3.8, 4) is 0 Å². The number of hydrogen-bond donors (Lipinski definition) is 1. The lowest BCUT2D eigenvalue weighted by Crippen LogP contribution is -2.33. The first-order chi connectivity index (χ1) is 15.3. The third-order valence-corrected chi connectivity index (χ3v) is 9.96. The monoisotopic (exact) mass is 459 g/mol. The maximum atomic E-state index is 3.78. The van der Waals surface area contributed by atoms with E-state index in [9.17, 15) is 0 Å². The van der Waals surface area contributed by atoms with E-state index in [2.05, 4.69) is 96.4 Å². The molecule has 2 heteroatoms. The van der Waals surface area contributed by atoms with E-state index in [0.717, 1.165) is 6.54 Å². The van der Waals surface area contributed by atoms with Gasteiger partial charge in [0.2, 0.25) is 0 Å². The molecule has 0 atom stereocenters. The molecule has 1 N–H and O–H groups in total. The van der Waals surface area contributed by atoms with E-state index in [4.69, 9.17) is 0 Å². The van der Waals surface area contributed by atoms with Crippen molar-refractivity contribution in [2.45, 2.75) is 109 Å². The van der Waals surface area contributed by atoms with Crippen molar-refractivity contribution in [2.24, 2.45) is 0 Å². The maximum absolute atomic E-state index is 3.78. The Morgan fingerprint density at radius 2 is 1.18 bits per heavy atom. The summed E-state index contributed by atoms with van der Waals surface area (Å²) in [6.45, 7) is 20.2. The summed E-state index contributed by atoms with van der Waals surface area (Å²) in [6, 6.07) is 12.1. The second-order valence-electron chi connectivity index (χ2n) is 13.3. The zero-order valence-electron chi connectivity index (χ0n) is 21.9. The molecular formula is C31H41NS. The van der Waals surface area contributed by atoms with Gasteiger partial charge in [-0.15, -0.1) is 11.3 Å². The van der Waals surface area contributed by atoms with Gasteiger partial charge in [0.25, 0.3) is 0 Å². The van der Waals surface area contributed by atoms with Crippen LogP contribution in [0.5, 0.6) is 0 Å². The predicted octanol–water partition coefficient (Wildman–Crippen LogP) is 9.21. The van der Waals surface area contributed by atoms with Gasteiger partial charge in [0.15, 0.2) is 0 Å². The van der Waals surface area contributed by atoms with Crippen LogP contribution in [0.2, 0.25) is 0 Å². The molecule has 0 unspecified atom stereocenters. The number of nitrogens with one attached hydrogen (secondary N) is 1. The lowest BCUT2D eigenvalue weighted by Gasteiger charge is -2.42. The van der Waals surface area contributed by atoms with E-state index in [0.29, 0.717) is 0 Å². The lowest BCUT2D eigenvalue weighted by molar-refractivity contribution is 0.332. The van der Waals surface area contributed by atoms with Gasteiger partial charge in [-0.1, -0.05) is 61.5 Å². The van der Waals surface area contributed by atoms with E-state index in [1.165, 1.54) is 58.1 Å². The molecule has 176 valence electrons. The fourth-order valence-electron chi connectivity index (χ4n) is 6.17.